The molecule has 0 fully saturated rings. The number of carbonyl (C=O) groups is 2. The summed E-state index contributed by atoms with van der Waals surface area (Å²) in [6.45, 7) is 1.13. The molecule has 1 aliphatic rings. The number of para-hydroxylation sites is 1. The number of aromatic nitrogens is 1. The number of benzene rings is 3. The van der Waals surface area contributed by atoms with Gasteiger partial charge in [-0.15, -0.1) is 0 Å². The minimum absolute atomic E-state index is 0.0536. The third-order valence-corrected chi connectivity index (χ3v) is 9.66. The summed E-state index contributed by atoms with van der Waals surface area (Å²) in [6, 6.07) is 23.0. The van der Waals surface area contributed by atoms with Gasteiger partial charge in [0.25, 0.3) is 5.91 Å². The van der Waals surface area contributed by atoms with Crippen molar-refractivity contribution in [2.45, 2.75) is 37.0 Å². The van der Waals surface area contributed by atoms with Crippen molar-refractivity contribution in [2.24, 2.45) is 0 Å². The van der Waals surface area contributed by atoms with Crippen LogP contribution >= 0.6 is 0 Å². The number of hydrogen-bond acceptors (Lipinski definition) is 8. The Labute approximate surface area is 268 Å². The summed E-state index contributed by atoms with van der Waals surface area (Å²) in [5, 5.41) is 13.4. The molecule has 11 nitrogen and oxygen atoms in total. The summed E-state index contributed by atoms with van der Waals surface area (Å²) in [4.78, 5) is 25.8. The molecule has 0 saturated heterocycles. The summed E-state index contributed by atoms with van der Waals surface area (Å²) in [5.74, 6) is -0.341. The maximum atomic E-state index is 13.3. The molecule has 0 spiro atoms. The molecule has 2 unspecified atom stereocenters. The smallest absolute Gasteiger partial charge is 0.286 e. The second kappa shape index (κ2) is 14.7. The largest absolute Gasteiger partial charge is 0.497 e. The molecule has 2 heterocycles. The second-order valence-electron chi connectivity index (χ2n) is 10.8. The van der Waals surface area contributed by atoms with Gasteiger partial charge in [-0.2, -0.15) is 4.31 Å². The first-order valence-corrected chi connectivity index (χ1v) is 16.3. The molecule has 242 valence electrons. The number of rotatable bonds is 13. The lowest BCUT2D eigenvalue weighted by Crippen LogP contribution is -2.38. The van der Waals surface area contributed by atoms with E-state index < -0.39 is 22.2 Å². The lowest BCUT2D eigenvalue weighted by Gasteiger charge is -2.30. The molecule has 0 aliphatic carbocycles. The van der Waals surface area contributed by atoms with E-state index in [1.165, 1.54) is 26.2 Å². The molecule has 0 radical (unpaired) electrons. The lowest BCUT2D eigenvalue weighted by molar-refractivity contribution is -0.146. The van der Waals surface area contributed by atoms with E-state index in [4.69, 9.17) is 14.2 Å². The molecule has 0 bridgehead atoms. The van der Waals surface area contributed by atoms with Gasteiger partial charge >= 0.3 is 0 Å². The number of aliphatic hydroxyl groups is 1. The Morgan fingerprint density at radius 3 is 2.43 bits per heavy atom. The number of nitrogens with one attached hydrogen (secondary N) is 1. The number of amides is 1. The van der Waals surface area contributed by atoms with Crippen molar-refractivity contribution in [3.05, 3.63) is 108 Å². The van der Waals surface area contributed by atoms with Gasteiger partial charge in [0.2, 0.25) is 22.2 Å². The number of methoxy groups -OCH3 is 1. The van der Waals surface area contributed by atoms with Crippen LogP contribution in [0.1, 0.15) is 35.2 Å². The van der Waals surface area contributed by atoms with E-state index in [-0.39, 0.29) is 48.8 Å². The van der Waals surface area contributed by atoms with Gasteiger partial charge in [0.1, 0.15) is 5.75 Å². The standard InChI is InChI=1S/C34H37N3O8S/c1-24(39)37-23-30(29-10-6-7-11-31(29)37)26-20-32(34(40)35-22-25-8-4-3-5-9-25)45-33(21-26)44-19-17-36(16-18-38)46(41,42)28-14-12-27(43-2)13-15-28/h3-15,20,23,26,33,38H,16-19,21-22H2,1-2H3,(H,35,40). The van der Waals surface area contributed by atoms with Crippen LogP contribution in [0.2, 0.25) is 0 Å². The minimum Gasteiger partial charge on any atom is -0.497 e. The zero-order chi connectivity index (χ0) is 32.7. The monoisotopic (exact) mass is 647 g/mol. The highest BCUT2D eigenvalue weighted by molar-refractivity contribution is 7.89. The third-order valence-electron chi connectivity index (χ3n) is 7.75. The fraction of sp³-hybridized carbons (Fsp3) is 0.294. The van der Waals surface area contributed by atoms with E-state index in [1.807, 2.05) is 54.6 Å². The van der Waals surface area contributed by atoms with Gasteiger partial charge in [-0.1, -0.05) is 48.5 Å². The first kappa shape index (κ1) is 32.9. The number of carbonyl (C=O) groups excluding carboxylic acids is 2. The van der Waals surface area contributed by atoms with Gasteiger partial charge in [-0.25, -0.2) is 8.42 Å². The van der Waals surface area contributed by atoms with Crippen LogP contribution in [0.4, 0.5) is 0 Å². The maximum absolute atomic E-state index is 13.3. The number of sulfonamides is 1. The Morgan fingerprint density at radius 2 is 1.74 bits per heavy atom. The van der Waals surface area contributed by atoms with Crippen LogP contribution in [-0.4, -0.2) is 73.9 Å². The van der Waals surface area contributed by atoms with Crippen LogP contribution in [-0.2, 0) is 30.8 Å². The molecule has 1 amide bonds. The van der Waals surface area contributed by atoms with Crippen LogP contribution in [0.15, 0.2) is 102 Å². The van der Waals surface area contributed by atoms with E-state index >= 15 is 0 Å². The van der Waals surface area contributed by atoms with Gasteiger partial charge in [-0.05, 0) is 47.5 Å². The molecule has 3 aromatic carbocycles. The number of allylic oxidation sites excluding steroid dienone is 1. The normalized spacial score (nSPS) is 16.6. The van der Waals surface area contributed by atoms with Crippen molar-refractivity contribution in [3.63, 3.8) is 0 Å². The summed E-state index contributed by atoms with van der Waals surface area (Å²) in [7, 11) is -2.45. The van der Waals surface area contributed by atoms with Gasteiger partial charge in [-0.3, -0.25) is 14.2 Å². The second-order valence-corrected chi connectivity index (χ2v) is 12.7. The summed E-state index contributed by atoms with van der Waals surface area (Å²) >= 11 is 0. The fourth-order valence-electron chi connectivity index (χ4n) is 5.41. The van der Waals surface area contributed by atoms with Crippen molar-refractivity contribution >= 4 is 32.7 Å². The van der Waals surface area contributed by atoms with E-state index in [0.717, 1.165) is 26.3 Å². The zero-order valence-corrected chi connectivity index (χ0v) is 26.5. The third kappa shape index (κ3) is 7.48. The highest BCUT2D eigenvalue weighted by atomic mass is 32.2. The van der Waals surface area contributed by atoms with E-state index in [0.29, 0.717) is 18.7 Å². The Balaban J connectivity index is 1.36. The number of ether oxygens (including phenoxy) is 3. The molecule has 4 aromatic rings. The van der Waals surface area contributed by atoms with Gasteiger partial charge < -0.3 is 24.6 Å². The molecule has 1 aliphatic heterocycles. The molecule has 46 heavy (non-hydrogen) atoms. The van der Waals surface area contributed by atoms with Gasteiger partial charge in [0, 0.05) is 50.5 Å². The van der Waals surface area contributed by atoms with Crippen molar-refractivity contribution in [1.82, 2.24) is 14.2 Å². The van der Waals surface area contributed by atoms with Crippen LogP contribution < -0.4 is 10.1 Å². The zero-order valence-electron chi connectivity index (χ0n) is 25.7. The van der Waals surface area contributed by atoms with Gasteiger partial charge in [0.05, 0.1) is 30.7 Å². The maximum Gasteiger partial charge on any atom is 0.286 e. The van der Waals surface area contributed by atoms with Gasteiger partial charge in [0.15, 0.2) is 5.76 Å². The molecule has 2 N–H and O–H groups in total. The predicted octanol–water partition coefficient (Wildman–Crippen LogP) is 4.04. The molecule has 2 atom stereocenters. The average Bonchev–Trinajstić information content (AvgIpc) is 3.47. The average molecular weight is 648 g/mol. The predicted molar refractivity (Wildman–Crippen MR) is 172 cm³/mol. The number of nitrogens with zero attached hydrogens (tertiary/aromatic N) is 2. The Bertz CT molecular complexity index is 1800. The topological polar surface area (TPSA) is 136 Å². The summed E-state index contributed by atoms with van der Waals surface area (Å²) in [6.07, 6.45) is 2.93. The van der Waals surface area contributed by atoms with Crippen LogP contribution in [0.3, 0.4) is 0 Å². The quantitative estimate of drug-likeness (QED) is 0.222. The number of fused-ring (bicyclic) bond motifs is 1. The van der Waals surface area contributed by atoms with Crippen LogP contribution in [0.5, 0.6) is 5.75 Å². The van der Waals surface area contributed by atoms with Crippen molar-refractivity contribution in [1.29, 1.82) is 0 Å². The fourth-order valence-corrected chi connectivity index (χ4v) is 6.82. The molecule has 0 saturated carbocycles. The minimum atomic E-state index is -3.95. The van der Waals surface area contributed by atoms with E-state index in [9.17, 15) is 23.1 Å². The molecule has 1 aromatic heterocycles. The van der Waals surface area contributed by atoms with E-state index in [1.54, 1.807) is 29.0 Å². The lowest BCUT2D eigenvalue weighted by atomic mass is 9.92. The highest BCUT2D eigenvalue weighted by Gasteiger charge is 2.32. The Morgan fingerprint density at radius 1 is 1.02 bits per heavy atom. The first-order chi connectivity index (χ1) is 22.2. The molecule has 12 heteroatoms. The Hall–Kier alpha value is -4.49. The Kier molecular flexibility index (Phi) is 10.5. The molecular formula is C34H37N3O8S. The first-order valence-electron chi connectivity index (χ1n) is 14.9. The van der Waals surface area contributed by atoms with Crippen LogP contribution in [0, 0.1) is 0 Å². The highest BCUT2D eigenvalue weighted by Crippen LogP contribution is 2.36. The summed E-state index contributed by atoms with van der Waals surface area (Å²) < 4.78 is 46.6. The van der Waals surface area contributed by atoms with Crippen molar-refractivity contribution in [2.75, 3.05) is 33.4 Å². The van der Waals surface area contributed by atoms with Crippen LogP contribution in [0.25, 0.3) is 10.9 Å². The summed E-state index contributed by atoms with van der Waals surface area (Å²) in [5.41, 5.74) is 2.50. The molecule has 5 rings (SSSR count). The van der Waals surface area contributed by atoms with E-state index in [2.05, 4.69) is 5.32 Å². The van der Waals surface area contributed by atoms with Crippen molar-refractivity contribution < 1.29 is 37.3 Å². The number of hydrogen-bond donors (Lipinski definition) is 2. The number of aliphatic hydroxyl groups excluding tert-OH is 1. The molecular weight excluding hydrogens is 610 g/mol. The van der Waals surface area contributed by atoms with Crippen molar-refractivity contribution in [3.8, 4) is 5.75 Å². The SMILES string of the molecule is COc1ccc(S(=O)(=O)N(CCO)CCOC2CC(c3cn(C(C)=O)c4ccccc34)C=C(C(=O)NCc3ccccc3)O2)cc1.